The maximum absolute atomic E-state index is 9.64. The summed E-state index contributed by atoms with van der Waals surface area (Å²) < 4.78 is 1.57. The molecule has 0 aromatic carbocycles. The first-order valence-corrected chi connectivity index (χ1v) is 8.09. The zero-order valence-electron chi connectivity index (χ0n) is 14.2. The van der Waals surface area contributed by atoms with Crippen molar-refractivity contribution >= 4 is 11.9 Å². The van der Waals surface area contributed by atoms with Gasteiger partial charge in [-0.3, -0.25) is 0 Å². The van der Waals surface area contributed by atoms with Crippen LogP contribution in [0.5, 0.6) is 0 Å². The largest absolute Gasteiger partial charge is 0.357 e. The van der Waals surface area contributed by atoms with Crippen molar-refractivity contribution in [3.05, 3.63) is 11.6 Å². The van der Waals surface area contributed by atoms with Crippen LogP contribution in [0.3, 0.4) is 0 Å². The molecule has 1 aliphatic rings. The Labute approximate surface area is 140 Å². The second kappa shape index (κ2) is 6.39. The van der Waals surface area contributed by atoms with Gasteiger partial charge in [0.05, 0.1) is 6.07 Å². The van der Waals surface area contributed by atoms with Crippen molar-refractivity contribution in [2.24, 2.45) is 0 Å². The summed E-state index contributed by atoms with van der Waals surface area (Å²) in [6.07, 6.45) is 4.80. The lowest BCUT2D eigenvalue weighted by atomic mass is 9.83. The van der Waals surface area contributed by atoms with Crippen molar-refractivity contribution in [2.75, 3.05) is 17.7 Å². The topological polar surface area (TPSA) is 117 Å². The SMILES string of the molecule is CNc1nc(NC2(C#N)CCCCC2)nc(-n2nc(C)nc2C)n1. The number of aryl methyl sites for hydroxylation is 2. The lowest BCUT2D eigenvalue weighted by Crippen LogP contribution is -2.39. The van der Waals surface area contributed by atoms with Crippen LogP contribution in [-0.4, -0.2) is 42.3 Å². The van der Waals surface area contributed by atoms with E-state index in [4.69, 9.17) is 0 Å². The summed E-state index contributed by atoms with van der Waals surface area (Å²) in [5.41, 5.74) is -0.616. The van der Waals surface area contributed by atoms with Gasteiger partial charge in [-0.2, -0.15) is 24.9 Å². The van der Waals surface area contributed by atoms with E-state index in [9.17, 15) is 5.26 Å². The van der Waals surface area contributed by atoms with Gasteiger partial charge in [0.15, 0.2) is 0 Å². The standard InChI is InChI=1S/C15H21N9/c1-10-18-11(2)24(23-10)14-20-12(17-3)19-13(21-14)22-15(9-16)7-5-4-6-8-15/h4-8H2,1-3H3,(H2,17,19,20,21,22). The maximum Gasteiger partial charge on any atom is 0.258 e. The molecule has 0 unspecified atom stereocenters. The van der Waals surface area contributed by atoms with Gasteiger partial charge in [-0.15, -0.1) is 5.10 Å². The first kappa shape index (κ1) is 16.1. The average Bonchev–Trinajstić information content (AvgIpc) is 2.93. The van der Waals surface area contributed by atoms with Gasteiger partial charge in [-0.25, -0.2) is 4.98 Å². The molecule has 24 heavy (non-hydrogen) atoms. The molecule has 0 amide bonds. The number of aromatic nitrogens is 6. The van der Waals surface area contributed by atoms with E-state index in [0.717, 1.165) is 32.1 Å². The predicted octanol–water partition coefficient (Wildman–Crippen LogP) is 1.75. The number of anilines is 2. The molecule has 0 saturated heterocycles. The Hall–Kier alpha value is -2.76. The van der Waals surface area contributed by atoms with Crippen LogP contribution in [0.4, 0.5) is 11.9 Å². The van der Waals surface area contributed by atoms with Crippen LogP contribution < -0.4 is 10.6 Å². The predicted molar refractivity (Wildman–Crippen MR) is 88.8 cm³/mol. The van der Waals surface area contributed by atoms with E-state index in [1.807, 2.05) is 13.8 Å². The number of rotatable bonds is 4. The molecule has 2 N–H and O–H groups in total. The summed E-state index contributed by atoms with van der Waals surface area (Å²) in [6.45, 7) is 3.66. The Balaban J connectivity index is 1.98. The molecule has 2 aromatic rings. The highest BCUT2D eigenvalue weighted by Gasteiger charge is 2.33. The highest BCUT2D eigenvalue weighted by Crippen LogP contribution is 2.30. The van der Waals surface area contributed by atoms with Crippen LogP contribution in [0.25, 0.3) is 5.95 Å². The average molecular weight is 327 g/mol. The minimum atomic E-state index is -0.616. The first-order chi connectivity index (χ1) is 11.5. The van der Waals surface area contributed by atoms with Gasteiger partial charge in [-0.1, -0.05) is 19.3 Å². The zero-order valence-corrected chi connectivity index (χ0v) is 14.2. The smallest absolute Gasteiger partial charge is 0.258 e. The summed E-state index contributed by atoms with van der Waals surface area (Å²) in [5.74, 6) is 2.51. The fourth-order valence-corrected chi connectivity index (χ4v) is 2.97. The van der Waals surface area contributed by atoms with Crippen LogP contribution in [0.1, 0.15) is 43.8 Å². The second-order valence-electron chi connectivity index (χ2n) is 6.03. The fraction of sp³-hybridized carbons (Fsp3) is 0.600. The molecule has 0 aliphatic heterocycles. The lowest BCUT2D eigenvalue weighted by molar-refractivity contribution is 0.390. The molecule has 126 valence electrons. The van der Waals surface area contributed by atoms with E-state index in [2.05, 4.69) is 41.7 Å². The van der Waals surface area contributed by atoms with Crippen molar-refractivity contribution in [3.8, 4) is 12.0 Å². The van der Waals surface area contributed by atoms with Crippen LogP contribution >= 0.6 is 0 Å². The van der Waals surface area contributed by atoms with Gasteiger partial charge in [-0.05, 0) is 26.7 Å². The molecule has 1 saturated carbocycles. The molecule has 1 aliphatic carbocycles. The fourth-order valence-electron chi connectivity index (χ4n) is 2.97. The van der Waals surface area contributed by atoms with Gasteiger partial charge >= 0.3 is 0 Å². The molecule has 1 fully saturated rings. The van der Waals surface area contributed by atoms with Crippen molar-refractivity contribution in [2.45, 2.75) is 51.5 Å². The van der Waals surface area contributed by atoms with E-state index in [1.165, 1.54) is 0 Å². The second-order valence-corrected chi connectivity index (χ2v) is 6.03. The Kier molecular flexibility index (Phi) is 4.29. The summed E-state index contributed by atoms with van der Waals surface area (Å²) in [7, 11) is 1.74. The van der Waals surface area contributed by atoms with Gasteiger partial charge in [0.2, 0.25) is 11.9 Å². The van der Waals surface area contributed by atoms with Crippen molar-refractivity contribution in [1.29, 1.82) is 5.26 Å². The number of hydrogen-bond donors (Lipinski definition) is 2. The monoisotopic (exact) mass is 327 g/mol. The molecule has 2 aromatic heterocycles. The Bertz CT molecular complexity index is 768. The third-order valence-corrected chi connectivity index (χ3v) is 4.18. The minimum absolute atomic E-state index is 0.374. The molecular weight excluding hydrogens is 306 g/mol. The third kappa shape index (κ3) is 3.13. The van der Waals surface area contributed by atoms with E-state index in [-0.39, 0.29) is 0 Å². The van der Waals surface area contributed by atoms with Crippen LogP contribution in [-0.2, 0) is 0 Å². The van der Waals surface area contributed by atoms with E-state index in [1.54, 1.807) is 11.7 Å². The zero-order chi connectivity index (χ0) is 17.2. The van der Waals surface area contributed by atoms with E-state index >= 15 is 0 Å². The summed E-state index contributed by atoms with van der Waals surface area (Å²) in [6, 6.07) is 2.41. The van der Waals surface area contributed by atoms with Crippen molar-refractivity contribution < 1.29 is 0 Å². The number of nitriles is 1. The van der Waals surface area contributed by atoms with E-state index < -0.39 is 5.54 Å². The summed E-state index contributed by atoms with van der Waals surface area (Å²) in [5, 5.41) is 20.1. The van der Waals surface area contributed by atoms with E-state index in [0.29, 0.717) is 29.5 Å². The molecule has 3 rings (SSSR count). The highest BCUT2D eigenvalue weighted by atomic mass is 15.4. The normalized spacial score (nSPS) is 16.4. The molecule has 2 heterocycles. The molecule has 0 bridgehead atoms. The van der Waals surface area contributed by atoms with Gasteiger partial charge < -0.3 is 10.6 Å². The molecule has 0 radical (unpaired) electrons. The highest BCUT2D eigenvalue weighted by molar-refractivity contribution is 5.41. The third-order valence-electron chi connectivity index (χ3n) is 4.18. The number of nitrogens with one attached hydrogen (secondary N) is 2. The number of nitrogens with zero attached hydrogens (tertiary/aromatic N) is 7. The molecule has 9 heteroatoms. The lowest BCUT2D eigenvalue weighted by Gasteiger charge is -2.31. The summed E-state index contributed by atoms with van der Waals surface area (Å²) >= 11 is 0. The van der Waals surface area contributed by atoms with Crippen molar-refractivity contribution in [3.63, 3.8) is 0 Å². The Morgan fingerprint density at radius 2 is 1.75 bits per heavy atom. The molecule has 0 spiro atoms. The quantitative estimate of drug-likeness (QED) is 0.872. The summed E-state index contributed by atoms with van der Waals surface area (Å²) in [4.78, 5) is 17.4. The van der Waals surface area contributed by atoms with Crippen molar-refractivity contribution in [1.82, 2.24) is 29.7 Å². The van der Waals surface area contributed by atoms with Gasteiger partial charge in [0.1, 0.15) is 17.2 Å². The van der Waals surface area contributed by atoms with Crippen LogP contribution in [0.2, 0.25) is 0 Å². The first-order valence-electron chi connectivity index (χ1n) is 8.09. The van der Waals surface area contributed by atoms with Crippen LogP contribution in [0.15, 0.2) is 0 Å². The van der Waals surface area contributed by atoms with Gasteiger partial charge in [0, 0.05) is 7.05 Å². The van der Waals surface area contributed by atoms with Crippen LogP contribution in [0, 0.1) is 25.2 Å². The molecule has 0 atom stereocenters. The molecular formula is C15H21N9. The van der Waals surface area contributed by atoms with Gasteiger partial charge in [0.25, 0.3) is 5.95 Å². The Morgan fingerprint density at radius 1 is 1.04 bits per heavy atom. The number of hydrogen-bond acceptors (Lipinski definition) is 8. The Morgan fingerprint density at radius 3 is 2.33 bits per heavy atom. The minimum Gasteiger partial charge on any atom is -0.357 e. The molecule has 9 nitrogen and oxygen atoms in total. The maximum atomic E-state index is 9.64.